The summed E-state index contributed by atoms with van der Waals surface area (Å²) in [5, 5.41) is 2.13. The number of hydrogen-bond acceptors (Lipinski definition) is 4. The van der Waals surface area contributed by atoms with Crippen LogP contribution in [0.15, 0.2) is 52.7 Å². The van der Waals surface area contributed by atoms with Gasteiger partial charge in [0.15, 0.2) is 0 Å². The van der Waals surface area contributed by atoms with E-state index in [4.69, 9.17) is 0 Å². The van der Waals surface area contributed by atoms with E-state index >= 15 is 0 Å². The Hall–Kier alpha value is -1.21. The predicted molar refractivity (Wildman–Crippen MR) is 101 cm³/mol. The second-order valence-corrected chi connectivity index (χ2v) is 9.99. The zero-order chi connectivity index (χ0) is 17.3. The van der Waals surface area contributed by atoms with Crippen LogP contribution < -0.4 is 4.72 Å². The van der Waals surface area contributed by atoms with Crippen LogP contribution in [0.25, 0.3) is 0 Å². The minimum atomic E-state index is -3.41. The summed E-state index contributed by atoms with van der Waals surface area (Å²) in [6.45, 7) is 3.14. The van der Waals surface area contributed by atoms with Gasteiger partial charge in [-0.05, 0) is 67.8 Å². The van der Waals surface area contributed by atoms with Crippen LogP contribution in [0.5, 0.6) is 0 Å². The molecule has 1 aromatic carbocycles. The molecule has 0 unspecified atom stereocenters. The number of thiophene rings is 1. The maximum atomic E-state index is 12.6. The monoisotopic (exact) mass is 376 g/mol. The second kappa shape index (κ2) is 6.83. The lowest BCUT2D eigenvalue weighted by Crippen LogP contribution is -2.58. The minimum absolute atomic E-state index is 0.0848. The van der Waals surface area contributed by atoms with Crippen molar-refractivity contribution < 1.29 is 8.42 Å². The smallest absolute Gasteiger partial charge is 0.240 e. The predicted octanol–water partition coefficient (Wildman–Crippen LogP) is 3.47. The molecule has 2 aromatic rings. The fraction of sp³-hybridized carbons (Fsp3) is 0.474. The van der Waals surface area contributed by atoms with E-state index in [1.54, 1.807) is 24.3 Å². The van der Waals surface area contributed by atoms with Gasteiger partial charge in [-0.15, -0.1) is 11.3 Å². The molecule has 1 aliphatic heterocycles. The topological polar surface area (TPSA) is 49.4 Å². The first kappa shape index (κ1) is 17.2. The number of nitrogens with zero attached hydrogens (tertiary/aromatic N) is 1. The molecule has 1 saturated heterocycles. The molecule has 1 spiro atoms. The molecule has 1 atom stereocenters. The Morgan fingerprint density at radius 2 is 1.84 bits per heavy atom. The van der Waals surface area contributed by atoms with E-state index in [1.165, 1.54) is 4.88 Å². The van der Waals surface area contributed by atoms with E-state index in [1.807, 2.05) is 17.4 Å². The summed E-state index contributed by atoms with van der Waals surface area (Å²) in [4.78, 5) is 4.27. The quantitative estimate of drug-likeness (QED) is 0.869. The SMILES string of the molecule is O=S(=O)(N[C@H]1CCC12CCN(Cc1cccs1)CC2)c1ccccc1. The molecule has 1 aromatic heterocycles. The summed E-state index contributed by atoms with van der Waals surface area (Å²) in [7, 11) is -3.41. The van der Waals surface area contributed by atoms with Gasteiger partial charge in [0.05, 0.1) is 4.90 Å². The lowest BCUT2D eigenvalue weighted by Gasteiger charge is -2.54. The van der Waals surface area contributed by atoms with E-state index in [2.05, 4.69) is 27.1 Å². The maximum Gasteiger partial charge on any atom is 0.240 e. The van der Waals surface area contributed by atoms with Crippen molar-refractivity contribution in [2.75, 3.05) is 13.1 Å². The Morgan fingerprint density at radius 3 is 2.44 bits per heavy atom. The van der Waals surface area contributed by atoms with Gasteiger partial charge in [0.2, 0.25) is 10.0 Å². The maximum absolute atomic E-state index is 12.6. The summed E-state index contributed by atoms with van der Waals surface area (Å²) in [5.74, 6) is 0. The van der Waals surface area contributed by atoms with Crippen LogP contribution in [0.1, 0.15) is 30.6 Å². The normalized spacial score (nSPS) is 23.4. The van der Waals surface area contributed by atoms with Crippen LogP contribution in [-0.2, 0) is 16.6 Å². The molecule has 0 bridgehead atoms. The third-order valence-electron chi connectivity index (χ3n) is 5.83. The Balaban J connectivity index is 1.38. The van der Waals surface area contributed by atoms with Crippen molar-refractivity contribution in [3.63, 3.8) is 0 Å². The molecular formula is C19H24N2O2S2. The van der Waals surface area contributed by atoms with Gasteiger partial charge in [-0.1, -0.05) is 24.3 Å². The first-order chi connectivity index (χ1) is 12.1. The minimum Gasteiger partial charge on any atom is -0.298 e. The number of piperidine rings is 1. The van der Waals surface area contributed by atoms with Gasteiger partial charge in [0.1, 0.15) is 0 Å². The number of likely N-dealkylation sites (tertiary alicyclic amines) is 1. The molecule has 25 heavy (non-hydrogen) atoms. The van der Waals surface area contributed by atoms with Crippen LogP contribution in [0.4, 0.5) is 0 Å². The zero-order valence-corrected chi connectivity index (χ0v) is 15.9. The summed E-state index contributed by atoms with van der Waals surface area (Å²) in [5.41, 5.74) is 0.161. The highest BCUT2D eigenvalue weighted by Gasteiger charge is 2.49. The Kier molecular flexibility index (Phi) is 4.71. The van der Waals surface area contributed by atoms with Crippen molar-refractivity contribution >= 4 is 21.4 Å². The van der Waals surface area contributed by atoms with Crippen LogP contribution in [-0.4, -0.2) is 32.4 Å². The lowest BCUT2D eigenvalue weighted by molar-refractivity contribution is 0.000973. The highest BCUT2D eigenvalue weighted by molar-refractivity contribution is 7.89. The standard InChI is InChI=1S/C19H24N2O2S2/c22-25(23,17-6-2-1-3-7-17)20-18-8-9-19(18)10-12-21(13-11-19)15-16-5-4-14-24-16/h1-7,14,18,20H,8-13,15H2/t18-/m0/s1. The Labute approximate surface area is 153 Å². The molecule has 4 rings (SSSR count). The van der Waals surface area contributed by atoms with E-state index < -0.39 is 10.0 Å². The first-order valence-corrected chi connectivity index (χ1v) is 11.3. The average Bonchev–Trinajstić information content (AvgIpc) is 3.13. The third-order valence-corrected chi connectivity index (χ3v) is 8.18. The molecule has 6 heteroatoms. The van der Waals surface area contributed by atoms with Crippen molar-refractivity contribution in [1.82, 2.24) is 9.62 Å². The van der Waals surface area contributed by atoms with Crippen molar-refractivity contribution in [2.24, 2.45) is 5.41 Å². The van der Waals surface area contributed by atoms with Gasteiger partial charge in [-0.2, -0.15) is 0 Å². The fourth-order valence-corrected chi connectivity index (χ4v) is 6.25. The van der Waals surface area contributed by atoms with E-state index in [9.17, 15) is 8.42 Å². The molecule has 2 heterocycles. The number of nitrogens with one attached hydrogen (secondary N) is 1. The molecule has 134 valence electrons. The fourth-order valence-electron chi connectivity index (χ4n) is 4.11. The lowest BCUT2D eigenvalue weighted by atomic mass is 9.60. The van der Waals surface area contributed by atoms with Gasteiger partial charge in [0, 0.05) is 17.5 Å². The highest BCUT2D eigenvalue weighted by Crippen LogP contribution is 2.49. The molecule has 4 nitrogen and oxygen atoms in total. The van der Waals surface area contributed by atoms with Crippen molar-refractivity contribution in [3.8, 4) is 0 Å². The van der Waals surface area contributed by atoms with Crippen LogP contribution in [0.3, 0.4) is 0 Å². The second-order valence-electron chi connectivity index (χ2n) is 7.24. The first-order valence-electron chi connectivity index (χ1n) is 8.90. The van der Waals surface area contributed by atoms with Crippen LogP contribution >= 0.6 is 11.3 Å². The number of sulfonamides is 1. The molecule has 2 fully saturated rings. The van der Waals surface area contributed by atoms with Crippen LogP contribution in [0.2, 0.25) is 0 Å². The van der Waals surface area contributed by atoms with Gasteiger partial charge >= 0.3 is 0 Å². The van der Waals surface area contributed by atoms with E-state index in [0.717, 1.165) is 45.3 Å². The molecular weight excluding hydrogens is 352 g/mol. The summed E-state index contributed by atoms with van der Waals surface area (Å²) in [6.07, 6.45) is 4.26. The zero-order valence-electron chi connectivity index (χ0n) is 14.2. The molecule has 1 saturated carbocycles. The Morgan fingerprint density at radius 1 is 1.08 bits per heavy atom. The van der Waals surface area contributed by atoms with Gasteiger partial charge in [-0.3, -0.25) is 4.90 Å². The molecule has 0 amide bonds. The van der Waals surface area contributed by atoms with E-state index in [-0.39, 0.29) is 11.5 Å². The van der Waals surface area contributed by atoms with Gasteiger partial charge in [0.25, 0.3) is 0 Å². The van der Waals surface area contributed by atoms with E-state index in [0.29, 0.717) is 4.90 Å². The van der Waals surface area contributed by atoms with Crippen LogP contribution in [0, 0.1) is 5.41 Å². The molecule has 2 aliphatic rings. The molecule has 0 radical (unpaired) electrons. The summed E-state index contributed by atoms with van der Waals surface area (Å²) in [6, 6.07) is 13.1. The number of rotatable bonds is 5. The summed E-state index contributed by atoms with van der Waals surface area (Å²) < 4.78 is 28.2. The number of benzene rings is 1. The van der Waals surface area contributed by atoms with Crippen molar-refractivity contribution in [2.45, 2.75) is 43.2 Å². The third kappa shape index (κ3) is 3.53. The highest BCUT2D eigenvalue weighted by atomic mass is 32.2. The van der Waals surface area contributed by atoms with Crippen molar-refractivity contribution in [3.05, 3.63) is 52.7 Å². The Bertz CT molecular complexity index is 795. The largest absolute Gasteiger partial charge is 0.298 e. The molecule has 1 N–H and O–H groups in total. The molecule has 1 aliphatic carbocycles. The number of hydrogen-bond donors (Lipinski definition) is 1. The summed E-state index contributed by atoms with van der Waals surface area (Å²) >= 11 is 1.81. The van der Waals surface area contributed by atoms with Gasteiger partial charge < -0.3 is 0 Å². The van der Waals surface area contributed by atoms with Crippen molar-refractivity contribution in [1.29, 1.82) is 0 Å². The van der Waals surface area contributed by atoms with Gasteiger partial charge in [-0.25, -0.2) is 13.1 Å². The average molecular weight is 377 g/mol.